The Balaban J connectivity index is 1.96. The number of nitrogens with zero attached hydrogens (tertiary/aromatic N) is 2. The van der Waals surface area contributed by atoms with Crippen molar-refractivity contribution in [3.63, 3.8) is 0 Å². The van der Waals surface area contributed by atoms with Gasteiger partial charge in [0.05, 0.1) is 22.0 Å². The molecule has 0 saturated carbocycles. The van der Waals surface area contributed by atoms with Crippen molar-refractivity contribution in [1.82, 2.24) is 5.43 Å². The monoisotopic (exact) mass is 417 g/mol. The molecule has 0 spiro atoms. The molecule has 0 aliphatic heterocycles. The highest BCUT2D eigenvalue weighted by molar-refractivity contribution is 9.10. The average molecular weight is 418 g/mol. The summed E-state index contributed by atoms with van der Waals surface area (Å²) in [6.45, 7) is 3.98. The molecule has 0 radical (unpaired) electrons. The van der Waals surface area contributed by atoms with Gasteiger partial charge in [-0.3, -0.25) is 14.9 Å². The van der Waals surface area contributed by atoms with Gasteiger partial charge >= 0.3 is 0 Å². The van der Waals surface area contributed by atoms with Gasteiger partial charge in [0.1, 0.15) is 12.4 Å². The van der Waals surface area contributed by atoms with Gasteiger partial charge in [-0.2, -0.15) is 5.10 Å². The molecule has 0 heterocycles. The number of hydrogen-bond acceptors (Lipinski definition) is 5. The van der Waals surface area contributed by atoms with Crippen molar-refractivity contribution in [3.05, 3.63) is 80.8 Å². The first-order valence-electron chi connectivity index (χ1n) is 7.58. The summed E-state index contributed by atoms with van der Waals surface area (Å²) in [5.41, 5.74) is 3.34. The summed E-state index contributed by atoms with van der Waals surface area (Å²) in [4.78, 5) is 22.4. The second-order valence-corrected chi connectivity index (χ2v) is 6.00. The van der Waals surface area contributed by atoms with Gasteiger partial charge in [0.2, 0.25) is 5.91 Å². The molecule has 1 amide bonds. The molecule has 0 saturated heterocycles. The van der Waals surface area contributed by atoms with Crippen molar-refractivity contribution in [1.29, 1.82) is 0 Å². The molecule has 2 rings (SSSR count). The normalized spacial score (nSPS) is 10.5. The van der Waals surface area contributed by atoms with Crippen LogP contribution in [0.2, 0.25) is 0 Å². The van der Waals surface area contributed by atoms with E-state index in [9.17, 15) is 14.9 Å². The number of benzene rings is 2. The zero-order valence-electron chi connectivity index (χ0n) is 13.7. The van der Waals surface area contributed by atoms with Gasteiger partial charge in [-0.15, -0.1) is 0 Å². The van der Waals surface area contributed by atoms with Gasteiger partial charge in [0.15, 0.2) is 0 Å². The van der Waals surface area contributed by atoms with E-state index < -0.39 is 10.8 Å². The van der Waals surface area contributed by atoms with Crippen LogP contribution in [-0.2, 0) is 11.2 Å². The zero-order chi connectivity index (χ0) is 18.9. The Morgan fingerprint density at radius 2 is 2.12 bits per heavy atom. The summed E-state index contributed by atoms with van der Waals surface area (Å²) >= 11 is 3.39. The van der Waals surface area contributed by atoms with Crippen LogP contribution in [0.1, 0.15) is 11.1 Å². The first-order valence-corrected chi connectivity index (χ1v) is 8.38. The fourth-order valence-corrected chi connectivity index (χ4v) is 2.60. The Morgan fingerprint density at radius 3 is 2.81 bits per heavy atom. The molecule has 0 aromatic heterocycles. The van der Waals surface area contributed by atoms with Crippen LogP contribution in [0, 0.1) is 10.1 Å². The number of nitro benzene ring substituents is 1. The van der Waals surface area contributed by atoms with E-state index in [2.05, 4.69) is 33.0 Å². The minimum absolute atomic E-state index is 0.0920. The number of carbonyl (C=O) groups is 1. The predicted octanol–water partition coefficient (Wildman–Crippen LogP) is 3.61. The SMILES string of the molecule is C=CCOc1ccc(/C=N/NC(=O)Cc2ccccc2[N+](=O)[O-])cc1Br. The maximum Gasteiger partial charge on any atom is 0.273 e. The molecule has 2 aromatic rings. The lowest BCUT2D eigenvalue weighted by molar-refractivity contribution is -0.385. The summed E-state index contributed by atoms with van der Waals surface area (Å²) in [6, 6.07) is 11.4. The molecule has 7 nitrogen and oxygen atoms in total. The lowest BCUT2D eigenvalue weighted by Gasteiger charge is -2.06. The Kier molecular flexibility index (Phi) is 7.04. The van der Waals surface area contributed by atoms with Crippen molar-refractivity contribution in [2.75, 3.05) is 6.61 Å². The second-order valence-electron chi connectivity index (χ2n) is 5.15. The maximum absolute atomic E-state index is 11.9. The zero-order valence-corrected chi connectivity index (χ0v) is 15.3. The number of halogens is 1. The number of ether oxygens (including phenoxy) is 1. The van der Waals surface area contributed by atoms with Crippen LogP contribution < -0.4 is 10.2 Å². The number of carbonyl (C=O) groups excluding carboxylic acids is 1. The van der Waals surface area contributed by atoms with Crippen LogP contribution in [0.5, 0.6) is 5.75 Å². The quantitative estimate of drug-likeness (QED) is 0.307. The summed E-state index contributed by atoms with van der Waals surface area (Å²) in [7, 11) is 0. The van der Waals surface area contributed by atoms with Crippen LogP contribution in [0.3, 0.4) is 0 Å². The van der Waals surface area contributed by atoms with E-state index in [4.69, 9.17) is 4.74 Å². The average Bonchev–Trinajstić information content (AvgIpc) is 2.61. The summed E-state index contributed by atoms with van der Waals surface area (Å²) in [6.07, 6.45) is 2.99. The maximum atomic E-state index is 11.9. The van der Waals surface area contributed by atoms with E-state index in [1.165, 1.54) is 12.3 Å². The largest absolute Gasteiger partial charge is 0.488 e. The summed E-state index contributed by atoms with van der Waals surface area (Å²) in [5.74, 6) is 0.225. The molecule has 26 heavy (non-hydrogen) atoms. The topological polar surface area (TPSA) is 93.8 Å². The Hall–Kier alpha value is -3.00. The van der Waals surface area contributed by atoms with E-state index in [0.717, 1.165) is 10.0 Å². The molecule has 0 unspecified atom stereocenters. The van der Waals surface area contributed by atoms with Crippen LogP contribution >= 0.6 is 15.9 Å². The van der Waals surface area contributed by atoms with E-state index in [0.29, 0.717) is 17.9 Å². The van der Waals surface area contributed by atoms with E-state index in [1.54, 1.807) is 42.5 Å². The number of rotatable bonds is 8. The second kappa shape index (κ2) is 9.47. The van der Waals surface area contributed by atoms with Crippen molar-refractivity contribution < 1.29 is 14.5 Å². The van der Waals surface area contributed by atoms with Crippen molar-refractivity contribution in [2.45, 2.75) is 6.42 Å². The number of amides is 1. The first-order chi connectivity index (χ1) is 12.5. The van der Waals surface area contributed by atoms with Gasteiger partial charge in [0, 0.05) is 11.6 Å². The Bertz CT molecular complexity index is 852. The third-order valence-corrected chi connectivity index (χ3v) is 3.87. The number of nitrogens with one attached hydrogen (secondary N) is 1. The van der Waals surface area contributed by atoms with E-state index in [1.807, 2.05) is 0 Å². The van der Waals surface area contributed by atoms with Gasteiger partial charge in [0.25, 0.3) is 5.69 Å². The highest BCUT2D eigenvalue weighted by Crippen LogP contribution is 2.25. The van der Waals surface area contributed by atoms with E-state index in [-0.39, 0.29) is 12.1 Å². The third-order valence-electron chi connectivity index (χ3n) is 3.25. The van der Waals surface area contributed by atoms with Crippen LogP contribution in [-0.4, -0.2) is 23.7 Å². The number of hydrogen-bond donors (Lipinski definition) is 1. The first kappa shape index (κ1) is 19.3. The molecule has 0 bridgehead atoms. The summed E-state index contributed by atoms with van der Waals surface area (Å²) < 4.78 is 6.19. The fourth-order valence-electron chi connectivity index (χ4n) is 2.09. The highest BCUT2D eigenvalue weighted by atomic mass is 79.9. The third kappa shape index (κ3) is 5.52. The highest BCUT2D eigenvalue weighted by Gasteiger charge is 2.14. The Morgan fingerprint density at radius 1 is 1.35 bits per heavy atom. The van der Waals surface area contributed by atoms with Crippen molar-refractivity contribution in [2.24, 2.45) is 5.10 Å². The van der Waals surface area contributed by atoms with E-state index >= 15 is 0 Å². The minimum atomic E-state index is -0.514. The lowest BCUT2D eigenvalue weighted by Crippen LogP contribution is -2.20. The van der Waals surface area contributed by atoms with Gasteiger partial charge in [-0.1, -0.05) is 30.9 Å². The molecule has 2 aromatic carbocycles. The minimum Gasteiger partial charge on any atom is -0.488 e. The summed E-state index contributed by atoms with van der Waals surface area (Å²) in [5, 5.41) is 14.8. The molecule has 1 N–H and O–H groups in total. The van der Waals surface area contributed by atoms with Crippen molar-refractivity contribution in [3.8, 4) is 5.75 Å². The van der Waals surface area contributed by atoms with Gasteiger partial charge in [-0.05, 0) is 39.7 Å². The fraction of sp³-hybridized carbons (Fsp3) is 0.111. The number of para-hydroxylation sites is 1. The lowest BCUT2D eigenvalue weighted by atomic mass is 10.1. The molecule has 0 atom stereocenters. The van der Waals surface area contributed by atoms with Gasteiger partial charge in [-0.25, -0.2) is 5.43 Å². The Labute approximate surface area is 158 Å². The van der Waals surface area contributed by atoms with Crippen molar-refractivity contribution >= 4 is 33.7 Å². The molecule has 134 valence electrons. The van der Waals surface area contributed by atoms with Crippen LogP contribution in [0.4, 0.5) is 5.69 Å². The molecular formula is C18H16BrN3O4. The number of nitro groups is 1. The molecule has 8 heteroatoms. The smallest absolute Gasteiger partial charge is 0.273 e. The molecule has 0 aliphatic rings. The predicted molar refractivity (Wildman–Crippen MR) is 102 cm³/mol. The molecule has 0 fully saturated rings. The number of hydrazone groups is 1. The molecule has 0 aliphatic carbocycles. The van der Waals surface area contributed by atoms with Gasteiger partial charge < -0.3 is 4.74 Å². The van der Waals surface area contributed by atoms with Crippen LogP contribution in [0.15, 0.2) is 64.7 Å². The van der Waals surface area contributed by atoms with Crippen LogP contribution in [0.25, 0.3) is 0 Å². The molecular weight excluding hydrogens is 402 g/mol. The standard InChI is InChI=1S/C18H16BrN3O4/c1-2-9-26-17-8-7-13(10-15(17)19)12-20-21-18(23)11-14-5-3-4-6-16(14)22(24)25/h2-8,10,12H,1,9,11H2,(H,21,23)/b20-12+.